The number of nitrogens with one attached hydrogen (secondary N) is 2. The van der Waals surface area contributed by atoms with E-state index in [4.69, 9.17) is 33.7 Å². The van der Waals surface area contributed by atoms with E-state index < -0.39 is 11.9 Å². The van der Waals surface area contributed by atoms with Crippen molar-refractivity contribution in [2.75, 3.05) is 6.67 Å². The molecule has 3 aromatic carbocycles. The minimum absolute atomic E-state index is 0.177. The highest BCUT2D eigenvalue weighted by atomic mass is 35.5. The number of carbonyl (C=O) groups excluding carboxylic acids is 2. The molecule has 1 fully saturated rings. The zero-order chi connectivity index (χ0) is 30.3. The zero-order valence-electron chi connectivity index (χ0n) is 23.9. The summed E-state index contributed by atoms with van der Waals surface area (Å²) < 4.78 is 18.9. The van der Waals surface area contributed by atoms with Gasteiger partial charge in [0.1, 0.15) is 5.75 Å². The van der Waals surface area contributed by atoms with E-state index >= 15 is 0 Å². The Hall–Kier alpha value is -3.55. The molecule has 2 aliphatic rings. The van der Waals surface area contributed by atoms with Crippen molar-refractivity contribution < 1.29 is 18.7 Å². The van der Waals surface area contributed by atoms with E-state index in [9.17, 15) is 14.0 Å². The van der Waals surface area contributed by atoms with Gasteiger partial charge in [0.25, 0.3) is 5.91 Å². The smallest absolute Gasteiger partial charge is 0.330 e. The number of nitrogens with two attached hydrogens (primary N) is 1. The Labute approximate surface area is 261 Å². The van der Waals surface area contributed by atoms with Gasteiger partial charge in [-0.1, -0.05) is 60.3 Å². The second-order valence-electron chi connectivity index (χ2n) is 11.3. The van der Waals surface area contributed by atoms with Gasteiger partial charge < -0.3 is 10.5 Å². The predicted octanol–water partition coefficient (Wildman–Crippen LogP) is 8.29. The number of rotatable bonds is 9. The van der Waals surface area contributed by atoms with Crippen molar-refractivity contribution in [3.8, 4) is 5.75 Å². The quantitative estimate of drug-likeness (QED) is 0.165. The molecule has 2 aliphatic carbocycles. The van der Waals surface area contributed by atoms with Gasteiger partial charge in [-0.3, -0.25) is 14.6 Å². The first-order valence-electron chi connectivity index (χ1n) is 14.8. The van der Waals surface area contributed by atoms with E-state index in [1.165, 1.54) is 0 Å². The summed E-state index contributed by atoms with van der Waals surface area (Å²) in [4.78, 5) is 23.7. The molecule has 43 heavy (non-hydrogen) atoms. The monoisotopic (exact) mass is 623 g/mol. The van der Waals surface area contributed by atoms with Gasteiger partial charge >= 0.3 is 6.03 Å². The van der Waals surface area contributed by atoms with E-state index in [0.29, 0.717) is 27.9 Å². The molecule has 6 nitrogen and oxygen atoms in total. The standard InChI is InChI=1S/C34H36Cl2FN3O3/c35-25-11-16-29(31(36)20-25)30-6-3-5-23-19-24(33(41)39-40-34(38)42)10-15-28(23)32(30)22-8-13-26(14-9-22)43-27-12-7-21(18-27)4-1-2-17-37/h8-11,13-16,19-21,27H,1-7,12,17-18H2,(H,39,41)(H3,38,40,42)/t21?,27-/m0/s1. The first-order chi connectivity index (χ1) is 20.8. The van der Waals surface area contributed by atoms with Gasteiger partial charge in [-0.15, -0.1) is 0 Å². The molecule has 0 saturated heterocycles. The molecule has 4 N–H and O–H groups in total. The van der Waals surface area contributed by atoms with Gasteiger partial charge in [-0.25, -0.2) is 10.2 Å². The Bertz CT molecular complexity index is 1510. The summed E-state index contributed by atoms with van der Waals surface area (Å²) in [6, 6.07) is 18.5. The van der Waals surface area contributed by atoms with E-state index in [1.807, 2.05) is 36.4 Å². The van der Waals surface area contributed by atoms with Crippen molar-refractivity contribution in [1.29, 1.82) is 0 Å². The Morgan fingerprint density at radius 3 is 2.47 bits per heavy atom. The lowest BCUT2D eigenvalue weighted by Crippen LogP contribution is -2.44. The van der Waals surface area contributed by atoms with Crippen molar-refractivity contribution >= 4 is 46.3 Å². The number of allylic oxidation sites excluding steroid dienone is 1. The van der Waals surface area contributed by atoms with Gasteiger partial charge in [-0.05, 0) is 121 Å². The molecule has 226 valence electrons. The molecule has 5 rings (SSSR count). The molecule has 3 aromatic rings. The van der Waals surface area contributed by atoms with Crippen LogP contribution < -0.4 is 21.3 Å². The highest BCUT2D eigenvalue weighted by molar-refractivity contribution is 6.36. The van der Waals surface area contributed by atoms with Gasteiger partial charge in [0, 0.05) is 15.6 Å². The van der Waals surface area contributed by atoms with E-state index in [2.05, 4.69) is 23.0 Å². The Kier molecular flexibility index (Phi) is 10.3. The number of hydrogen-bond acceptors (Lipinski definition) is 3. The topological polar surface area (TPSA) is 93.5 Å². The van der Waals surface area contributed by atoms with Gasteiger partial charge in [0.15, 0.2) is 0 Å². The van der Waals surface area contributed by atoms with Crippen molar-refractivity contribution in [2.24, 2.45) is 11.7 Å². The summed E-state index contributed by atoms with van der Waals surface area (Å²) in [6.45, 7) is -0.239. The summed E-state index contributed by atoms with van der Waals surface area (Å²) in [5.74, 6) is 0.983. The fraction of sp³-hybridized carbons (Fsp3) is 0.353. The van der Waals surface area contributed by atoms with Crippen LogP contribution in [0, 0.1) is 5.92 Å². The van der Waals surface area contributed by atoms with Crippen LogP contribution in [0.2, 0.25) is 10.0 Å². The van der Waals surface area contributed by atoms with Crippen LogP contribution in [0.5, 0.6) is 5.75 Å². The number of amides is 3. The lowest BCUT2D eigenvalue weighted by Gasteiger charge is -2.19. The van der Waals surface area contributed by atoms with Gasteiger partial charge in [0.2, 0.25) is 0 Å². The van der Waals surface area contributed by atoms with Crippen LogP contribution in [0.4, 0.5) is 9.18 Å². The molecule has 0 aliphatic heterocycles. The number of unbranched alkanes of at least 4 members (excludes halogenated alkanes) is 1. The summed E-state index contributed by atoms with van der Waals surface area (Å²) in [7, 11) is 0. The lowest BCUT2D eigenvalue weighted by molar-refractivity contribution is 0.0937. The molecule has 2 atom stereocenters. The lowest BCUT2D eigenvalue weighted by atomic mass is 9.87. The fourth-order valence-electron chi connectivity index (χ4n) is 6.27. The molecular formula is C34H36Cl2FN3O3. The molecule has 0 aromatic heterocycles. The Balaban J connectivity index is 1.46. The van der Waals surface area contributed by atoms with E-state index in [0.717, 1.165) is 90.5 Å². The number of alkyl halides is 1. The van der Waals surface area contributed by atoms with Gasteiger partial charge in [-0.2, -0.15) is 0 Å². The van der Waals surface area contributed by atoms with Crippen LogP contribution >= 0.6 is 23.2 Å². The number of benzene rings is 3. The number of aryl methyl sites for hydroxylation is 1. The number of ether oxygens (including phenoxy) is 1. The maximum Gasteiger partial charge on any atom is 0.330 e. The fourth-order valence-corrected chi connectivity index (χ4v) is 6.79. The Morgan fingerprint density at radius 1 is 0.930 bits per heavy atom. The van der Waals surface area contributed by atoms with Crippen LogP contribution in [0.25, 0.3) is 11.1 Å². The third-order valence-corrected chi connectivity index (χ3v) is 8.85. The van der Waals surface area contributed by atoms with Crippen molar-refractivity contribution in [3.63, 3.8) is 0 Å². The third kappa shape index (κ3) is 7.70. The number of hydrazine groups is 1. The maximum absolute atomic E-state index is 12.6. The minimum atomic E-state index is -0.841. The molecular weight excluding hydrogens is 588 g/mol. The first kappa shape index (κ1) is 30.9. The van der Waals surface area contributed by atoms with Crippen LogP contribution in [0.1, 0.15) is 84.0 Å². The number of primary amides is 1. The average molecular weight is 625 g/mol. The maximum atomic E-state index is 12.6. The van der Waals surface area contributed by atoms with Crippen LogP contribution in [-0.2, 0) is 6.42 Å². The zero-order valence-corrected chi connectivity index (χ0v) is 25.4. The largest absolute Gasteiger partial charge is 0.490 e. The number of carbonyl (C=O) groups is 2. The van der Waals surface area contributed by atoms with Crippen molar-refractivity contribution in [3.05, 3.63) is 98.5 Å². The second kappa shape index (κ2) is 14.3. The third-order valence-electron chi connectivity index (χ3n) is 8.30. The summed E-state index contributed by atoms with van der Waals surface area (Å²) in [5.41, 5.74) is 16.1. The molecule has 0 spiro atoms. The van der Waals surface area contributed by atoms with Crippen LogP contribution in [0.3, 0.4) is 0 Å². The minimum Gasteiger partial charge on any atom is -0.490 e. The van der Waals surface area contributed by atoms with E-state index in [1.54, 1.807) is 12.1 Å². The van der Waals surface area contributed by atoms with Crippen LogP contribution in [0.15, 0.2) is 60.7 Å². The second-order valence-corrected chi connectivity index (χ2v) is 12.1. The molecule has 0 bridgehead atoms. The van der Waals surface area contributed by atoms with E-state index in [-0.39, 0.29) is 12.8 Å². The molecule has 3 amide bonds. The number of urea groups is 1. The molecule has 9 heteroatoms. The molecule has 1 unspecified atom stereocenters. The van der Waals surface area contributed by atoms with Crippen molar-refractivity contribution in [1.82, 2.24) is 10.9 Å². The van der Waals surface area contributed by atoms with Crippen molar-refractivity contribution in [2.45, 2.75) is 63.9 Å². The number of fused-ring (bicyclic) bond motifs is 1. The molecule has 1 saturated carbocycles. The summed E-state index contributed by atoms with van der Waals surface area (Å²) in [5, 5.41) is 1.16. The average Bonchev–Trinajstić information content (AvgIpc) is 3.34. The highest BCUT2D eigenvalue weighted by Gasteiger charge is 2.26. The molecule has 0 heterocycles. The first-order valence-corrected chi connectivity index (χ1v) is 15.6. The molecule has 0 radical (unpaired) electrons. The Morgan fingerprint density at radius 2 is 1.72 bits per heavy atom. The number of hydrogen-bond donors (Lipinski definition) is 3. The number of halogens is 3. The normalized spacial score (nSPS) is 18.1. The summed E-state index contributed by atoms with van der Waals surface area (Å²) >= 11 is 13.0. The predicted molar refractivity (Wildman–Crippen MR) is 170 cm³/mol. The van der Waals surface area contributed by atoms with Crippen LogP contribution in [-0.4, -0.2) is 24.7 Å². The SMILES string of the molecule is NC(=O)NNC(=O)c1ccc2c(c1)CCCC(c1ccc(Cl)cc1Cl)=C2c1ccc(O[C@H]2CCC(CCCCF)C2)cc1. The highest BCUT2D eigenvalue weighted by Crippen LogP contribution is 2.43. The summed E-state index contributed by atoms with van der Waals surface area (Å²) in [6.07, 6.45) is 8.37. The van der Waals surface area contributed by atoms with Gasteiger partial charge in [0.05, 0.1) is 12.8 Å².